The van der Waals surface area contributed by atoms with Crippen LogP contribution in [0.1, 0.15) is 53.6 Å². The van der Waals surface area contributed by atoms with Crippen molar-refractivity contribution in [3.8, 4) is 5.75 Å². The van der Waals surface area contributed by atoms with Crippen LogP contribution in [-0.4, -0.2) is 43.3 Å². The first-order valence-electron chi connectivity index (χ1n) is 9.81. The highest BCUT2D eigenvalue weighted by atomic mass is 16.5. The Balaban J connectivity index is 1.50. The van der Waals surface area contributed by atoms with Crippen molar-refractivity contribution in [2.75, 3.05) is 26.7 Å². The number of ether oxygens (including phenoxy) is 1. The van der Waals surface area contributed by atoms with Crippen molar-refractivity contribution in [2.45, 2.75) is 38.6 Å². The molecule has 3 rings (SSSR count). The van der Waals surface area contributed by atoms with Gasteiger partial charge in [0.05, 0.1) is 13.2 Å². The van der Waals surface area contributed by atoms with E-state index in [1.165, 1.54) is 12.8 Å². The molecule has 6 heteroatoms. The largest absolute Gasteiger partial charge is 0.497 e. The van der Waals surface area contributed by atoms with Crippen molar-refractivity contribution in [2.24, 2.45) is 0 Å². The van der Waals surface area contributed by atoms with Gasteiger partial charge in [-0.2, -0.15) is 0 Å². The highest BCUT2D eigenvalue weighted by Gasteiger charge is 2.26. The molecular formula is C22H28N2O4. The normalized spacial score (nSPS) is 15.4. The number of nitrogens with one attached hydrogen (secondary N) is 1. The van der Waals surface area contributed by atoms with Gasteiger partial charge >= 0.3 is 0 Å². The molecule has 1 aromatic carbocycles. The summed E-state index contributed by atoms with van der Waals surface area (Å²) in [5.74, 6) is 2.30. The Morgan fingerprint density at radius 3 is 2.43 bits per heavy atom. The summed E-state index contributed by atoms with van der Waals surface area (Å²) in [7, 11) is 1.58. The van der Waals surface area contributed by atoms with Crippen molar-refractivity contribution in [1.29, 1.82) is 0 Å². The van der Waals surface area contributed by atoms with Crippen LogP contribution in [-0.2, 0) is 4.79 Å². The van der Waals surface area contributed by atoms with Gasteiger partial charge in [-0.3, -0.25) is 14.5 Å². The van der Waals surface area contributed by atoms with Crippen LogP contribution in [0.25, 0.3) is 0 Å². The number of ketones is 1. The number of methoxy groups -OCH3 is 1. The van der Waals surface area contributed by atoms with E-state index >= 15 is 0 Å². The van der Waals surface area contributed by atoms with Crippen LogP contribution in [0.4, 0.5) is 0 Å². The van der Waals surface area contributed by atoms with Crippen molar-refractivity contribution in [3.63, 3.8) is 0 Å². The van der Waals surface area contributed by atoms with E-state index in [1.807, 2.05) is 19.1 Å². The molecule has 28 heavy (non-hydrogen) atoms. The van der Waals surface area contributed by atoms with E-state index in [0.29, 0.717) is 17.9 Å². The van der Waals surface area contributed by atoms with Gasteiger partial charge in [0.1, 0.15) is 17.3 Å². The molecule has 0 spiro atoms. The number of rotatable bonds is 9. The number of benzene rings is 1. The minimum Gasteiger partial charge on any atom is -0.497 e. The fraction of sp³-hybridized carbons (Fsp3) is 0.455. The molecule has 1 atom stereocenters. The summed E-state index contributed by atoms with van der Waals surface area (Å²) in [6, 6.07) is 10.9. The van der Waals surface area contributed by atoms with Gasteiger partial charge in [-0.1, -0.05) is 0 Å². The Labute approximate surface area is 165 Å². The zero-order chi connectivity index (χ0) is 19.9. The third kappa shape index (κ3) is 5.23. The average molecular weight is 384 g/mol. The molecule has 150 valence electrons. The van der Waals surface area contributed by atoms with Crippen molar-refractivity contribution < 1.29 is 18.7 Å². The number of likely N-dealkylation sites (tertiary alicyclic amines) is 1. The summed E-state index contributed by atoms with van der Waals surface area (Å²) in [4.78, 5) is 26.9. The molecule has 0 bridgehead atoms. The van der Waals surface area contributed by atoms with Gasteiger partial charge in [-0.05, 0) is 69.3 Å². The lowest BCUT2D eigenvalue weighted by Gasteiger charge is -2.26. The van der Waals surface area contributed by atoms with Crippen molar-refractivity contribution >= 4 is 11.7 Å². The molecule has 1 fully saturated rings. The van der Waals surface area contributed by atoms with Gasteiger partial charge in [0.15, 0.2) is 5.78 Å². The molecular weight excluding hydrogens is 356 g/mol. The second-order valence-electron chi connectivity index (χ2n) is 7.16. The summed E-state index contributed by atoms with van der Waals surface area (Å²) in [5, 5.41) is 2.98. The number of hydrogen-bond acceptors (Lipinski definition) is 5. The Kier molecular flexibility index (Phi) is 6.87. The second-order valence-corrected chi connectivity index (χ2v) is 7.16. The van der Waals surface area contributed by atoms with Gasteiger partial charge in [-0.25, -0.2) is 0 Å². The molecule has 2 heterocycles. The third-order valence-corrected chi connectivity index (χ3v) is 5.15. The first-order chi connectivity index (χ1) is 13.6. The lowest BCUT2D eigenvalue weighted by atomic mass is 10.1. The molecule has 0 aliphatic carbocycles. The summed E-state index contributed by atoms with van der Waals surface area (Å²) < 4.78 is 10.9. The quantitative estimate of drug-likeness (QED) is 0.670. The van der Waals surface area contributed by atoms with Gasteiger partial charge in [0.2, 0.25) is 5.91 Å². The van der Waals surface area contributed by atoms with Crippen LogP contribution >= 0.6 is 0 Å². The summed E-state index contributed by atoms with van der Waals surface area (Å²) >= 11 is 0. The number of amides is 1. The van der Waals surface area contributed by atoms with E-state index in [2.05, 4.69) is 10.2 Å². The van der Waals surface area contributed by atoms with Crippen molar-refractivity contribution in [3.05, 3.63) is 53.5 Å². The molecule has 1 amide bonds. The van der Waals surface area contributed by atoms with E-state index in [-0.39, 0.29) is 30.6 Å². The first kappa shape index (κ1) is 20.1. The van der Waals surface area contributed by atoms with Gasteiger partial charge in [0, 0.05) is 24.9 Å². The molecule has 2 aromatic rings. The number of furan rings is 1. The zero-order valence-corrected chi connectivity index (χ0v) is 16.6. The molecule has 1 N–H and O–H groups in total. The number of nitrogens with zero attached hydrogens (tertiary/aromatic N) is 1. The predicted molar refractivity (Wildman–Crippen MR) is 107 cm³/mol. The minimum absolute atomic E-state index is 0.0393. The van der Waals surface area contributed by atoms with Crippen LogP contribution in [0, 0.1) is 6.92 Å². The number of hydrogen-bond donors (Lipinski definition) is 1. The van der Waals surface area contributed by atoms with E-state index in [4.69, 9.17) is 9.15 Å². The van der Waals surface area contributed by atoms with Crippen LogP contribution < -0.4 is 10.1 Å². The van der Waals surface area contributed by atoms with Crippen LogP contribution in [0.5, 0.6) is 5.75 Å². The van der Waals surface area contributed by atoms with Crippen LogP contribution in [0.3, 0.4) is 0 Å². The number of Topliss-reactive ketones (excluding diaryl/α,β-unsaturated/α-hetero) is 1. The molecule has 1 saturated heterocycles. The third-order valence-electron chi connectivity index (χ3n) is 5.15. The lowest BCUT2D eigenvalue weighted by molar-refractivity contribution is -0.121. The Morgan fingerprint density at radius 1 is 1.11 bits per heavy atom. The van der Waals surface area contributed by atoms with Gasteiger partial charge in [-0.15, -0.1) is 0 Å². The molecule has 0 saturated carbocycles. The van der Waals surface area contributed by atoms with E-state index in [1.54, 1.807) is 31.4 Å². The highest BCUT2D eigenvalue weighted by Crippen LogP contribution is 2.26. The molecule has 1 unspecified atom stereocenters. The maximum absolute atomic E-state index is 12.3. The van der Waals surface area contributed by atoms with Gasteiger partial charge < -0.3 is 14.5 Å². The smallest absolute Gasteiger partial charge is 0.220 e. The zero-order valence-electron chi connectivity index (χ0n) is 16.6. The van der Waals surface area contributed by atoms with Gasteiger partial charge in [0.25, 0.3) is 0 Å². The number of carbonyl (C=O) groups excluding carboxylic acids is 2. The highest BCUT2D eigenvalue weighted by molar-refractivity contribution is 5.98. The molecule has 0 radical (unpaired) electrons. The summed E-state index contributed by atoms with van der Waals surface area (Å²) in [6.45, 7) is 4.43. The number of aryl methyl sites for hydroxylation is 1. The second kappa shape index (κ2) is 9.55. The summed E-state index contributed by atoms with van der Waals surface area (Å²) in [5.41, 5.74) is 0.592. The summed E-state index contributed by atoms with van der Waals surface area (Å²) in [6.07, 6.45) is 2.70. The minimum atomic E-state index is -0.116. The topological polar surface area (TPSA) is 71.8 Å². The average Bonchev–Trinajstić information content (AvgIpc) is 3.39. The Hall–Kier alpha value is -2.60. The predicted octanol–water partition coefficient (Wildman–Crippen LogP) is 3.51. The van der Waals surface area contributed by atoms with E-state index < -0.39 is 0 Å². The lowest BCUT2D eigenvalue weighted by Crippen LogP contribution is -2.36. The molecule has 1 aromatic heterocycles. The van der Waals surface area contributed by atoms with Crippen molar-refractivity contribution in [1.82, 2.24) is 10.2 Å². The van der Waals surface area contributed by atoms with E-state index in [9.17, 15) is 9.59 Å². The number of carbonyl (C=O) groups is 2. The fourth-order valence-electron chi connectivity index (χ4n) is 3.54. The first-order valence-corrected chi connectivity index (χ1v) is 9.81. The fourth-order valence-corrected chi connectivity index (χ4v) is 3.54. The Morgan fingerprint density at radius 2 is 1.82 bits per heavy atom. The monoisotopic (exact) mass is 384 g/mol. The molecule has 1 aliphatic heterocycles. The standard InChI is InChI=1S/C22H28N2O4/c1-16-5-11-21(28-16)19(24-13-3-4-14-24)15-23-22(26)12-10-20(25)17-6-8-18(27-2)9-7-17/h5-9,11,19H,3-4,10,12-15H2,1-2H3,(H,23,26). The maximum Gasteiger partial charge on any atom is 0.220 e. The maximum atomic E-state index is 12.3. The van der Waals surface area contributed by atoms with Crippen LogP contribution in [0.2, 0.25) is 0 Å². The van der Waals surface area contributed by atoms with E-state index in [0.717, 1.165) is 24.6 Å². The molecule has 1 aliphatic rings. The van der Waals surface area contributed by atoms with Crippen LogP contribution in [0.15, 0.2) is 40.8 Å². The molecule has 6 nitrogen and oxygen atoms in total. The SMILES string of the molecule is COc1ccc(C(=O)CCC(=O)NCC(c2ccc(C)o2)N2CCCC2)cc1. The Bertz CT molecular complexity index is 791.